The Morgan fingerprint density at radius 3 is 2.83 bits per heavy atom. The summed E-state index contributed by atoms with van der Waals surface area (Å²) in [7, 11) is 0. The molecular formula is C7H5ClN2O2. The molecule has 62 valence electrons. The van der Waals surface area contributed by atoms with Crippen molar-refractivity contribution in [2.75, 3.05) is 5.73 Å². The van der Waals surface area contributed by atoms with E-state index in [0.717, 1.165) is 0 Å². The first-order valence-corrected chi connectivity index (χ1v) is 3.61. The third kappa shape index (κ3) is 1.06. The maximum Gasteiger partial charge on any atom is 0.222 e. The van der Waals surface area contributed by atoms with Crippen molar-refractivity contribution in [1.82, 2.24) is 5.16 Å². The molecule has 0 aromatic carbocycles. The molecule has 0 aliphatic heterocycles. The molecule has 0 aliphatic rings. The van der Waals surface area contributed by atoms with Gasteiger partial charge in [0.1, 0.15) is 5.69 Å². The van der Waals surface area contributed by atoms with Gasteiger partial charge in [0.05, 0.1) is 11.8 Å². The van der Waals surface area contributed by atoms with Crippen LogP contribution in [0, 0.1) is 0 Å². The summed E-state index contributed by atoms with van der Waals surface area (Å²) in [6.07, 6.45) is 1.47. The summed E-state index contributed by atoms with van der Waals surface area (Å²) in [5.74, 6) is 0.252. The minimum absolute atomic E-state index is 0.252. The number of halogens is 1. The molecule has 0 atom stereocenters. The number of furan rings is 1. The molecule has 5 heteroatoms. The van der Waals surface area contributed by atoms with Gasteiger partial charge in [-0.2, -0.15) is 0 Å². The number of aromatic nitrogens is 1. The number of rotatable bonds is 1. The van der Waals surface area contributed by atoms with Crippen LogP contribution in [0.3, 0.4) is 0 Å². The minimum atomic E-state index is 0.252. The highest BCUT2D eigenvalue weighted by Crippen LogP contribution is 2.28. The molecule has 0 saturated heterocycles. The van der Waals surface area contributed by atoms with E-state index >= 15 is 0 Å². The molecule has 0 amide bonds. The van der Waals surface area contributed by atoms with Crippen LogP contribution in [0.4, 0.5) is 5.88 Å². The van der Waals surface area contributed by atoms with E-state index in [0.29, 0.717) is 11.3 Å². The molecule has 0 fully saturated rings. The smallest absolute Gasteiger partial charge is 0.222 e. The predicted molar refractivity (Wildman–Crippen MR) is 43.6 cm³/mol. The van der Waals surface area contributed by atoms with Crippen molar-refractivity contribution < 1.29 is 8.94 Å². The topological polar surface area (TPSA) is 65.2 Å². The van der Waals surface area contributed by atoms with E-state index in [-0.39, 0.29) is 11.1 Å². The number of anilines is 1. The van der Waals surface area contributed by atoms with Crippen molar-refractivity contribution in [3.8, 4) is 11.3 Å². The quantitative estimate of drug-likeness (QED) is 0.738. The molecule has 12 heavy (non-hydrogen) atoms. The highest BCUT2D eigenvalue weighted by Gasteiger charge is 2.10. The van der Waals surface area contributed by atoms with Gasteiger partial charge >= 0.3 is 0 Å². The standard InChI is InChI=1S/C7H5ClN2O2/c8-7-4(1-2-11-7)5-3-6(9)12-10-5/h1-3H,9H2. The zero-order chi connectivity index (χ0) is 8.55. The lowest BCUT2D eigenvalue weighted by molar-refractivity contribution is 0.439. The first-order valence-electron chi connectivity index (χ1n) is 3.23. The number of nitrogens with two attached hydrogens (primary N) is 1. The lowest BCUT2D eigenvalue weighted by atomic mass is 10.2. The van der Waals surface area contributed by atoms with Gasteiger partial charge < -0.3 is 14.7 Å². The molecule has 0 bridgehead atoms. The number of hydrogen-bond acceptors (Lipinski definition) is 4. The third-order valence-electron chi connectivity index (χ3n) is 1.42. The van der Waals surface area contributed by atoms with Gasteiger partial charge in [-0.25, -0.2) is 0 Å². The largest absolute Gasteiger partial charge is 0.452 e. The molecule has 2 rings (SSSR count). The van der Waals surface area contributed by atoms with E-state index in [2.05, 4.69) is 9.68 Å². The number of nitrogens with zero attached hydrogens (tertiary/aromatic N) is 1. The van der Waals surface area contributed by atoms with E-state index in [1.165, 1.54) is 6.26 Å². The Morgan fingerprint density at radius 1 is 1.50 bits per heavy atom. The van der Waals surface area contributed by atoms with Crippen LogP contribution in [0.25, 0.3) is 11.3 Å². The Kier molecular flexibility index (Phi) is 1.55. The second kappa shape index (κ2) is 2.57. The highest BCUT2D eigenvalue weighted by atomic mass is 35.5. The van der Waals surface area contributed by atoms with E-state index in [1.54, 1.807) is 12.1 Å². The molecule has 2 heterocycles. The van der Waals surface area contributed by atoms with Gasteiger partial charge in [-0.05, 0) is 17.7 Å². The second-order valence-electron chi connectivity index (χ2n) is 2.22. The SMILES string of the molecule is Nc1cc(-c2ccoc2Cl)no1. The zero-order valence-corrected chi connectivity index (χ0v) is 6.71. The summed E-state index contributed by atoms with van der Waals surface area (Å²) in [6, 6.07) is 3.27. The summed E-state index contributed by atoms with van der Waals surface area (Å²) in [6.45, 7) is 0. The molecule has 0 spiro atoms. The van der Waals surface area contributed by atoms with Gasteiger partial charge in [0, 0.05) is 6.07 Å². The predicted octanol–water partition coefficient (Wildman–Crippen LogP) is 2.17. The summed E-state index contributed by atoms with van der Waals surface area (Å²) < 4.78 is 9.54. The van der Waals surface area contributed by atoms with Crippen LogP contribution in [0.5, 0.6) is 0 Å². The third-order valence-corrected chi connectivity index (χ3v) is 1.71. The van der Waals surface area contributed by atoms with E-state index < -0.39 is 0 Å². The molecule has 2 N–H and O–H groups in total. The summed E-state index contributed by atoms with van der Waals surface area (Å²) in [4.78, 5) is 0. The fraction of sp³-hybridized carbons (Fsp3) is 0. The number of nitrogen functional groups attached to an aromatic ring is 1. The maximum atomic E-state index is 5.69. The molecule has 2 aromatic rings. The Bertz CT molecular complexity index is 394. The van der Waals surface area contributed by atoms with Crippen LogP contribution < -0.4 is 5.73 Å². The van der Waals surface area contributed by atoms with E-state index in [1.807, 2.05) is 0 Å². The average Bonchev–Trinajstić information content (AvgIpc) is 2.58. The monoisotopic (exact) mass is 184 g/mol. The fourth-order valence-electron chi connectivity index (χ4n) is 0.893. The summed E-state index contributed by atoms with van der Waals surface area (Å²) in [5.41, 5.74) is 6.59. The Hall–Kier alpha value is -1.42. The Morgan fingerprint density at radius 2 is 2.33 bits per heavy atom. The highest BCUT2D eigenvalue weighted by molar-refractivity contribution is 6.31. The zero-order valence-electron chi connectivity index (χ0n) is 5.95. The van der Waals surface area contributed by atoms with Crippen LogP contribution in [-0.4, -0.2) is 5.16 Å². The first-order chi connectivity index (χ1) is 5.77. The molecule has 2 aromatic heterocycles. The van der Waals surface area contributed by atoms with E-state index in [4.69, 9.17) is 21.8 Å². The minimum Gasteiger partial charge on any atom is -0.452 e. The van der Waals surface area contributed by atoms with Gasteiger partial charge in [-0.15, -0.1) is 0 Å². The van der Waals surface area contributed by atoms with Crippen LogP contribution >= 0.6 is 11.6 Å². The maximum absolute atomic E-state index is 5.69. The summed E-state index contributed by atoms with van der Waals surface area (Å²) >= 11 is 5.69. The van der Waals surface area contributed by atoms with E-state index in [9.17, 15) is 0 Å². The van der Waals surface area contributed by atoms with Crippen molar-refractivity contribution in [3.63, 3.8) is 0 Å². The van der Waals surface area contributed by atoms with Gasteiger partial charge in [0.25, 0.3) is 0 Å². The Balaban J connectivity index is 2.50. The number of hydrogen-bond donors (Lipinski definition) is 1. The van der Waals surface area contributed by atoms with Crippen molar-refractivity contribution in [2.24, 2.45) is 0 Å². The molecule has 0 unspecified atom stereocenters. The van der Waals surface area contributed by atoms with Crippen molar-refractivity contribution in [3.05, 3.63) is 23.6 Å². The molecule has 0 aliphatic carbocycles. The van der Waals surface area contributed by atoms with Crippen molar-refractivity contribution in [1.29, 1.82) is 0 Å². The lowest BCUT2D eigenvalue weighted by Gasteiger charge is -1.85. The van der Waals surface area contributed by atoms with Gasteiger partial charge in [-0.1, -0.05) is 5.16 Å². The second-order valence-corrected chi connectivity index (χ2v) is 2.57. The lowest BCUT2D eigenvalue weighted by Crippen LogP contribution is -1.76. The molecule has 4 nitrogen and oxygen atoms in total. The van der Waals surface area contributed by atoms with Gasteiger partial charge in [0.2, 0.25) is 11.1 Å². The fourth-order valence-corrected chi connectivity index (χ4v) is 1.10. The van der Waals surface area contributed by atoms with Crippen LogP contribution in [0.15, 0.2) is 27.3 Å². The van der Waals surface area contributed by atoms with Crippen LogP contribution in [0.2, 0.25) is 5.22 Å². The normalized spacial score (nSPS) is 10.4. The molecule has 0 saturated carbocycles. The van der Waals surface area contributed by atoms with Crippen LogP contribution in [0.1, 0.15) is 0 Å². The average molecular weight is 185 g/mol. The first kappa shape index (κ1) is 7.24. The van der Waals surface area contributed by atoms with Crippen molar-refractivity contribution in [2.45, 2.75) is 0 Å². The van der Waals surface area contributed by atoms with Gasteiger partial charge in [0.15, 0.2) is 0 Å². The van der Waals surface area contributed by atoms with Crippen LogP contribution in [-0.2, 0) is 0 Å². The summed E-state index contributed by atoms with van der Waals surface area (Å²) in [5, 5.41) is 3.96. The van der Waals surface area contributed by atoms with Crippen molar-refractivity contribution >= 4 is 17.5 Å². The molecule has 0 radical (unpaired) electrons. The van der Waals surface area contributed by atoms with Gasteiger partial charge in [-0.3, -0.25) is 0 Å². The molecular weight excluding hydrogens is 180 g/mol. The Labute approximate surface area is 72.9 Å².